The van der Waals surface area contributed by atoms with Gasteiger partial charge in [-0.3, -0.25) is 13.8 Å². The molecule has 124 valence electrons. The standard InChI is InChI=1S/C15H23NO5S/c1-4-5-20-14-7-16-12(6-13(14)17)9-22(19)10-15(18)21-8-11(2)3/h6-7,11H,4-5,8-10H2,1-3H3,(H,16,17). The van der Waals surface area contributed by atoms with Gasteiger partial charge in [-0.1, -0.05) is 20.8 Å². The predicted octanol–water partition coefficient (Wildman–Crippen LogP) is 1.61. The Kier molecular flexibility index (Phi) is 7.87. The van der Waals surface area contributed by atoms with Crippen molar-refractivity contribution in [2.24, 2.45) is 5.92 Å². The number of H-pyrrole nitrogens is 1. The summed E-state index contributed by atoms with van der Waals surface area (Å²) < 4.78 is 22.1. The molecule has 0 saturated heterocycles. The normalized spacial score (nSPS) is 12.2. The van der Waals surface area contributed by atoms with Crippen molar-refractivity contribution in [1.82, 2.24) is 4.98 Å². The maximum Gasteiger partial charge on any atom is 0.318 e. The number of nitrogens with one attached hydrogen (secondary N) is 1. The number of rotatable bonds is 9. The molecular formula is C15H23NO5S. The fourth-order valence-electron chi connectivity index (χ4n) is 1.57. The molecule has 0 bridgehead atoms. The monoisotopic (exact) mass is 329 g/mol. The van der Waals surface area contributed by atoms with Crippen molar-refractivity contribution in [3.05, 3.63) is 28.2 Å². The summed E-state index contributed by atoms with van der Waals surface area (Å²) >= 11 is 0. The highest BCUT2D eigenvalue weighted by Gasteiger charge is 2.12. The Morgan fingerprint density at radius 1 is 1.41 bits per heavy atom. The van der Waals surface area contributed by atoms with Crippen molar-refractivity contribution in [1.29, 1.82) is 0 Å². The first kappa shape index (κ1) is 18.4. The van der Waals surface area contributed by atoms with Gasteiger partial charge in [0, 0.05) is 28.8 Å². The van der Waals surface area contributed by atoms with Crippen LogP contribution in [0.25, 0.3) is 0 Å². The smallest absolute Gasteiger partial charge is 0.318 e. The Morgan fingerprint density at radius 2 is 2.14 bits per heavy atom. The molecule has 1 N–H and O–H groups in total. The second kappa shape index (κ2) is 9.40. The van der Waals surface area contributed by atoms with Crippen molar-refractivity contribution >= 4 is 16.8 Å². The van der Waals surface area contributed by atoms with Crippen molar-refractivity contribution < 1.29 is 18.5 Å². The van der Waals surface area contributed by atoms with Crippen LogP contribution in [0.2, 0.25) is 0 Å². The van der Waals surface area contributed by atoms with Crippen LogP contribution in [0.4, 0.5) is 0 Å². The Labute approximate surface area is 132 Å². The molecule has 0 fully saturated rings. The number of hydrogen-bond acceptors (Lipinski definition) is 5. The molecule has 1 aromatic rings. The van der Waals surface area contributed by atoms with E-state index < -0.39 is 16.8 Å². The van der Waals surface area contributed by atoms with Gasteiger partial charge in [-0.25, -0.2) is 0 Å². The summed E-state index contributed by atoms with van der Waals surface area (Å²) in [5.74, 6) is -0.0856. The summed E-state index contributed by atoms with van der Waals surface area (Å²) in [6.45, 7) is 6.59. The zero-order valence-electron chi connectivity index (χ0n) is 13.2. The number of aromatic nitrogens is 1. The van der Waals surface area contributed by atoms with Crippen LogP contribution in [-0.4, -0.2) is 34.1 Å². The largest absolute Gasteiger partial charge is 0.488 e. The Morgan fingerprint density at radius 3 is 2.73 bits per heavy atom. The van der Waals surface area contributed by atoms with Crippen LogP contribution in [-0.2, 0) is 26.1 Å². The van der Waals surface area contributed by atoms with Crippen molar-refractivity contribution in [3.8, 4) is 5.75 Å². The van der Waals surface area contributed by atoms with Crippen LogP contribution >= 0.6 is 0 Å². The summed E-state index contributed by atoms with van der Waals surface area (Å²) in [6, 6.07) is 1.35. The molecule has 0 spiro atoms. The van der Waals surface area contributed by atoms with Crippen LogP contribution in [0, 0.1) is 5.92 Å². The third kappa shape index (κ3) is 6.89. The molecule has 0 aliphatic heterocycles. The van der Waals surface area contributed by atoms with Crippen LogP contribution < -0.4 is 10.2 Å². The number of pyridine rings is 1. The molecule has 7 heteroatoms. The number of carbonyl (C=O) groups is 1. The first-order valence-electron chi connectivity index (χ1n) is 7.27. The lowest BCUT2D eigenvalue weighted by Gasteiger charge is -2.08. The molecule has 6 nitrogen and oxygen atoms in total. The minimum absolute atomic E-state index is 0.0973. The first-order chi connectivity index (χ1) is 10.4. The van der Waals surface area contributed by atoms with Gasteiger partial charge in [-0.2, -0.15) is 0 Å². The van der Waals surface area contributed by atoms with Crippen molar-refractivity contribution in [2.45, 2.75) is 32.9 Å². The quantitative estimate of drug-likeness (QED) is 0.696. The third-order valence-electron chi connectivity index (χ3n) is 2.57. The molecule has 1 rings (SSSR count). The molecule has 1 atom stereocenters. The minimum atomic E-state index is -1.42. The minimum Gasteiger partial charge on any atom is -0.488 e. The fraction of sp³-hybridized carbons (Fsp3) is 0.600. The van der Waals surface area contributed by atoms with E-state index in [4.69, 9.17) is 9.47 Å². The SMILES string of the molecule is CCCOc1c[nH]c(CS(=O)CC(=O)OCC(C)C)cc1=O. The van der Waals surface area contributed by atoms with E-state index in [1.165, 1.54) is 12.3 Å². The third-order valence-corrected chi connectivity index (χ3v) is 3.76. The van der Waals surface area contributed by atoms with E-state index in [9.17, 15) is 13.8 Å². The molecule has 1 unspecified atom stereocenters. The zero-order valence-corrected chi connectivity index (χ0v) is 14.0. The summed E-state index contributed by atoms with van der Waals surface area (Å²) in [5, 5.41) is 0. The van der Waals surface area contributed by atoms with Crippen molar-refractivity contribution in [3.63, 3.8) is 0 Å². The second-order valence-electron chi connectivity index (χ2n) is 5.34. The number of ether oxygens (including phenoxy) is 2. The molecule has 0 radical (unpaired) electrons. The van der Waals surface area contributed by atoms with E-state index in [0.717, 1.165) is 6.42 Å². The summed E-state index contributed by atoms with van der Waals surface area (Å²) in [7, 11) is -1.42. The summed E-state index contributed by atoms with van der Waals surface area (Å²) in [4.78, 5) is 26.1. The number of carbonyl (C=O) groups excluding carboxylic acids is 1. The van der Waals surface area contributed by atoms with E-state index in [1.807, 2.05) is 20.8 Å². The fourth-order valence-corrected chi connectivity index (χ4v) is 2.53. The lowest BCUT2D eigenvalue weighted by atomic mass is 10.2. The highest BCUT2D eigenvalue weighted by atomic mass is 32.2. The lowest BCUT2D eigenvalue weighted by Crippen LogP contribution is -2.18. The van der Waals surface area contributed by atoms with Crippen LogP contribution in [0.5, 0.6) is 5.75 Å². The molecule has 0 aliphatic rings. The Bertz CT molecular complexity index is 567. The van der Waals surface area contributed by atoms with Gasteiger partial charge in [-0.05, 0) is 12.3 Å². The van der Waals surface area contributed by atoms with E-state index in [0.29, 0.717) is 18.9 Å². The van der Waals surface area contributed by atoms with Gasteiger partial charge in [0.2, 0.25) is 5.43 Å². The maximum atomic E-state index is 11.9. The maximum absolute atomic E-state index is 11.9. The molecule has 1 aromatic heterocycles. The predicted molar refractivity (Wildman–Crippen MR) is 85.4 cm³/mol. The Hall–Kier alpha value is -1.63. The zero-order chi connectivity index (χ0) is 16.5. The summed E-state index contributed by atoms with van der Waals surface area (Å²) in [6.07, 6.45) is 2.27. The van der Waals surface area contributed by atoms with Gasteiger partial charge in [0.1, 0.15) is 5.75 Å². The van der Waals surface area contributed by atoms with Gasteiger partial charge < -0.3 is 14.5 Å². The first-order valence-corrected chi connectivity index (χ1v) is 8.76. The van der Waals surface area contributed by atoms with E-state index >= 15 is 0 Å². The molecule has 0 aliphatic carbocycles. The number of aromatic amines is 1. The van der Waals surface area contributed by atoms with Crippen LogP contribution in [0.3, 0.4) is 0 Å². The van der Waals surface area contributed by atoms with Gasteiger partial charge >= 0.3 is 5.97 Å². The van der Waals surface area contributed by atoms with Crippen molar-refractivity contribution in [2.75, 3.05) is 19.0 Å². The molecule has 0 aromatic carbocycles. The van der Waals surface area contributed by atoms with E-state index in [2.05, 4.69) is 4.98 Å². The average molecular weight is 329 g/mol. The van der Waals surface area contributed by atoms with Crippen LogP contribution in [0.1, 0.15) is 32.9 Å². The van der Waals surface area contributed by atoms with Gasteiger partial charge in [0.05, 0.1) is 19.0 Å². The molecule has 1 heterocycles. The van der Waals surface area contributed by atoms with Gasteiger partial charge in [0.25, 0.3) is 0 Å². The van der Waals surface area contributed by atoms with Crippen LogP contribution in [0.15, 0.2) is 17.1 Å². The highest BCUT2D eigenvalue weighted by Crippen LogP contribution is 2.05. The molecule has 0 amide bonds. The summed E-state index contributed by atoms with van der Waals surface area (Å²) in [5.41, 5.74) is 0.241. The second-order valence-corrected chi connectivity index (χ2v) is 6.80. The molecule has 22 heavy (non-hydrogen) atoms. The number of esters is 1. The highest BCUT2D eigenvalue weighted by molar-refractivity contribution is 7.84. The number of hydrogen-bond donors (Lipinski definition) is 1. The molecule has 0 saturated carbocycles. The van der Waals surface area contributed by atoms with Gasteiger partial charge in [-0.15, -0.1) is 0 Å². The topological polar surface area (TPSA) is 85.5 Å². The lowest BCUT2D eigenvalue weighted by molar-refractivity contribution is -0.141. The van der Waals surface area contributed by atoms with E-state index in [-0.39, 0.29) is 28.6 Å². The van der Waals surface area contributed by atoms with Gasteiger partial charge in [0.15, 0.2) is 5.75 Å². The Balaban J connectivity index is 2.52. The molecular weight excluding hydrogens is 306 g/mol. The van der Waals surface area contributed by atoms with E-state index in [1.54, 1.807) is 0 Å². The average Bonchev–Trinajstić information content (AvgIpc) is 2.44.